The first-order valence-electron chi connectivity index (χ1n) is 5.34. The molecule has 0 fully saturated rings. The van der Waals surface area contributed by atoms with E-state index >= 15 is 0 Å². The third-order valence-corrected chi connectivity index (χ3v) is 2.81. The molecule has 1 atom stereocenters. The second-order valence-electron chi connectivity index (χ2n) is 4.09. The topological polar surface area (TPSA) is 12.0 Å². The lowest BCUT2D eigenvalue weighted by Crippen LogP contribution is -2.23. The molecule has 0 radical (unpaired) electrons. The van der Waals surface area contributed by atoms with Gasteiger partial charge in [-0.25, -0.2) is 0 Å². The van der Waals surface area contributed by atoms with Gasteiger partial charge in [0, 0.05) is 5.70 Å². The van der Waals surface area contributed by atoms with Gasteiger partial charge in [-0.1, -0.05) is 23.7 Å². The number of hydrogen-bond acceptors (Lipinski definition) is 1. The smallest absolute Gasteiger partial charge is 0.366 e. The van der Waals surface area contributed by atoms with E-state index in [1.807, 2.05) is 6.92 Å². The molecule has 0 amide bonds. The minimum Gasteiger partial charge on any atom is -0.366 e. The van der Waals surface area contributed by atoms with Crippen LogP contribution >= 0.6 is 11.6 Å². The predicted octanol–water partition coefficient (Wildman–Crippen LogP) is 4.16. The van der Waals surface area contributed by atoms with Gasteiger partial charge in [-0.05, 0) is 42.3 Å². The summed E-state index contributed by atoms with van der Waals surface area (Å²) in [5, 5.41) is 2.92. The van der Waals surface area contributed by atoms with Crippen molar-refractivity contribution in [3.8, 4) is 0 Å². The van der Waals surface area contributed by atoms with Gasteiger partial charge in [0.05, 0.1) is 5.56 Å². The molecule has 1 aromatic rings. The second-order valence-corrected chi connectivity index (χ2v) is 4.56. The van der Waals surface area contributed by atoms with E-state index in [0.717, 1.165) is 17.7 Å². The summed E-state index contributed by atoms with van der Waals surface area (Å²) in [5.41, 5.74) is 0.922. The highest BCUT2D eigenvalue weighted by Gasteiger charge is 2.30. The fourth-order valence-corrected chi connectivity index (χ4v) is 2.08. The molecule has 0 aromatic heterocycles. The Hall–Kier alpha value is -1.42. The Labute approximate surface area is 108 Å². The van der Waals surface area contributed by atoms with Crippen LogP contribution in [0.15, 0.2) is 42.0 Å². The second kappa shape index (κ2) is 4.69. The summed E-state index contributed by atoms with van der Waals surface area (Å²) in [4.78, 5) is 0. The third kappa shape index (κ3) is 2.88. The van der Waals surface area contributed by atoms with Crippen molar-refractivity contribution in [3.63, 3.8) is 0 Å². The molecular formula is C13H11ClF3N. The number of hydrogen-bond donors (Lipinski definition) is 1. The fraction of sp³-hybridized carbons (Fsp3) is 0.231. The van der Waals surface area contributed by atoms with E-state index in [1.54, 1.807) is 18.2 Å². The van der Waals surface area contributed by atoms with Crippen LogP contribution in [0.3, 0.4) is 0 Å². The van der Waals surface area contributed by atoms with Crippen LogP contribution < -0.4 is 5.32 Å². The van der Waals surface area contributed by atoms with E-state index in [0.29, 0.717) is 11.3 Å². The standard InChI is InChI=1S/C13H11ClF3N/c1-8-5-11(18-12(14)6-8)9-3-2-4-10(7-9)13(15,16)17/h2-7,12,18H,1H3. The Kier molecular flexibility index (Phi) is 3.39. The molecule has 1 aliphatic rings. The van der Waals surface area contributed by atoms with Gasteiger partial charge in [0.1, 0.15) is 5.50 Å². The summed E-state index contributed by atoms with van der Waals surface area (Å²) < 4.78 is 37.8. The van der Waals surface area contributed by atoms with Gasteiger partial charge in [0.25, 0.3) is 0 Å². The monoisotopic (exact) mass is 273 g/mol. The SMILES string of the molecule is CC1=CC(Cl)NC(c2cccc(C(F)(F)F)c2)=C1. The highest BCUT2D eigenvalue weighted by molar-refractivity contribution is 6.22. The summed E-state index contributed by atoms with van der Waals surface area (Å²) in [7, 11) is 0. The maximum Gasteiger partial charge on any atom is 0.416 e. The van der Waals surface area contributed by atoms with Gasteiger partial charge >= 0.3 is 6.18 Å². The first-order valence-corrected chi connectivity index (χ1v) is 5.78. The molecule has 1 heterocycles. The lowest BCUT2D eigenvalue weighted by Gasteiger charge is -2.20. The summed E-state index contributed by atoms with van der Waals surface area (Å²) >= 11 is 5.94. The minimum absolute atomic E-state index is 0.403. The number of alkyl halides is 4. The number of benzene rings is 1. The lowest BCUT2D eigenvalue weighted by atomic mass is 10.0. The first-order chi connectivity index (χ1) is 8.36. The Morgan fingerprint density at radius 3 is 2.61 bits per heavy atom. The van der Waals surface area contributed by atoms with Crippen molar-refractivity contribution in [2.75, 3.05) is 0 Å². The van der Waals surface area contributed by atoms with Gasteiger partial charge in [-0.3, -0.25) is 0 Å². The molecule has 1 nitrogen and oxygen atoms in total. The summed E-state index contributed by atoms with van der Waals surface area (Å²) in [6, 6.07) is 5.17. The van der Waals surface area contributed by atoms with Gasteiger partial charge in [0.2, 0.25) is 0 Å². The summed E-state index contributed by atoms with van der Waals surface area (Å²) in [6.07, 6.45) is -0.774. The normalized spacial score (nSPS) is 19.9. The minimum atomic E-state index is -4.34. The van der Waals surface area contributed by atoms with Crippen LogP contribution in [0, 0.1) is 0 Å². The zero-order valence-corrected chi connectivity index (χ0v) is 10.3. The van der Waals surface area contributed by atoms with Crippen molar-refractivity contribution in [3.05, 3.63) is 53.1 Å². The molecule has 5 heteroatoms. The molecule has 0 bridgehead atoms. The molecule has 2 rings (SSSR count). The Balaban J connectivity index is 2.38. The van der Waals surface area contributed by atoms with E-state index in [1.165, 1.54) is 6.07 Å². The van der Waals surface area contributed by atoms with Crippen molar-refractivity contribution < 1.29 is 13.2 Å². The van der Waals surface area contributed by atoms with E-state index in [-0.39, 0.29) is 0 Å². The van der Waals surface area contributed by atoms with E-state index in [2.05, 4.69) is 5.32 Å². The molecule has 1 unspecified atom stereocenters. The molecular weight excluding hydrogens is 263 g/mol. The van der Waals surface area contributed by atoms with Crippen molar-refractivity contribution >= 4 is 17.3 Å². The Morgan fingerprint density at radius 1 is 1.28 bits per heavy atom. The van der Waals surface area contributed by atoms with Crippen LogP contribution in [-0.2, 0) is 6.18 Å². The first kappa shape index (κ1) is 13.0. The van der Waals surface area contributed by atoms with E-state index in [9.17, 15) is 13.2 Å². The molecule has 18 heavy (non-hydrogen) atoms. The maximum atomic E-state index is 12.6. The van der Waals surface area contributed by atoms with Crippen molar-refractivity contribution in [2.24, 2.45) is 0 Å². The van der Waals surface area contributed by atoms with Crippen molar-refractivity contribution in [1.82, 2.24) is 5.32 Å². The quantitative estimate of drug-likeness (QED) is 0.598. The van der Waals surface area contributed by atoms with Gasteiger partial charge < -0.3 is 5.32 Å². The number of allylic oxidation sites excluding steroid dienone is 2. The molecule has 0 saturated heterocycles. The van der Waals surface area contributed by atoms with E-state index in [4.69, 9.17) is 11.6 Å². The maximum absolute atomic E-state index is 12.6. The number of halogens is 4. The highest BCUT2D eigenvalue weighted by atomic mass is 35.5. The highest BCUT2D eigenvalue weighted by Crippen LogP contribution is 2.31. The van der Waals surface area contributed by atoms with Crippen LogP contribution in [0.5, 0.6) is 0 Å². The fourth-order valence-electron chi connectivity index (χ4n) is 1.77. The van der Waals surface area contributed by atoms with Gasteiger partial charge in [0.15, 0.2) is 0 Å². The van der Waals surface area contributed by atoms with Crippen LogP contribution in [0.1, 0.15) is 18.1 Å². The average molecular weight is 274 g/mol. The van der Waals surface area contributed by atoms with Crippen molar-refractivity contribution in [2.45, 2.75) is 18.6 Å². The van der Waals surface area contributed by atoms with Crippen LogP contribution in [-0.4, -0.2) is 5.50 Å². The van der Waals surface area contributed by atoms with Gasteiger partial charge in [-0.15, -0.1) is 0 Å². The van der Waals surface area contributed by atoms with Crippen molar-refractivity contribution in [1.29, 1.82) is 0 Å². The number of nitrogens with one attached hydrogen (secondary N) is 1. The van der Waals surface area contributed by atoms with Crippen LogP contribution in [0.2, 0.25) is 0 Å². The zero-order valence-electron chi connectivity index (χ0n) is 9.55. The molecule has 96 valence electrons. The summed E-state index contributed by atoms with van der Waals surface area (Å²) in [6.45, 7) is 1.85. The van der Waals surface area contributed by atoms with Crippen LogP contribution in [0.4, 0.5) is 13.2 Å². The summed E-state index contributed by atoms with van der Waals surface area (Å²) in [5.74, 6) is 0. The predicted molar refractivity (Wildman–Crippen MR) is 66.0 cm³/mol. The number of rotatable bonds is 1. The average Bonchev–Trinajstić information content (AvgIpc) is 2.27. The lowest BCUT2D eigenvalue weighted by molar-refractivity contribution is -0.137. The molecule has 1 aromatic carbocycles. The zero-order chi connectivity index (χ0) is 13.3. The van der Waals surface area contributed by atoms with E-state index < -0.39 is 17.2 Å². The largest absolute Gasteiger partial charge is 0.416 e. The third-order valence-electron chi connectivity index (χ3n) is 2.58. The molecule has 1 N–H and O–H groups in total. The molecule has 0 spiro atoms. The van der Waals surface area contributed by atoms with Gasteiger partial charge in [-0.2, -0.15) is 13.2 Å². The number of dihydropyridines is 1. The molecule has 1 aliphatic heterocycles. The molecule has 0 saturated carbocycles. The Bertz CT molecular complexity index is 517. The molecule has 0 aliphatic carbocycles. The van der Waals surface area contributed by atoms with Crippen LogP contribution in [0.25, 0.3) is 5.70 Å². The Morgan fingerprint density at radius 2 is 2.00 bits per heavy atom.